The van der Waals surface area contributed by atoms with Gasteiger partial charge in [0.05, 0.1) is 8.95 Å². The highest BCUT2D eigenvalue weighted by Gasteiger charge is 2.18. The van der Waals surface area contributed by atoms with Gasteiger partial charge in [-0.1, -0.05) is 15.9 Å². The Hall–Kier alpha value is 0.380. The van der Waals surface area contributed by atoms with Crippen LogP contribution in [-0.2, 0) is 0 Å². The fourth-order valence-electron chi connectivity index (χ4n) is 1.22. The molecule has 1 unspecified atom stereocenters. The van der Waals surface area contributed by atoms with E-state index in [0.717, 1.165) is 10.0 Å². The zero-order chi connectivity index (χ0) is 11.6. The molecule has 0 heterocycles. The topological polar surface area (TPSA) is 66.5 Å². The van der Waals surface area contributed by atoms with E-state index in [9.17, 15) is 5.11 Å². The minimum Gasteiger partial charge on any atom is -0.506 e. The fourth-order valence-corrected chi connectivity index (χ4v) is 3.93. The van der Waals surface area contributed by atoms with E-state index in [1.807, 2.05) is 0 Å². The summed E-state index contributed by atoms with van der Waals surface area (Å²) in [6, 6.07) is 1.41. The van der Waals surface area contributed by atoms with Gasteiger partial charge in [0.15, 0.2) is 0 Å². The fraction of sp³-hybridized carbons (Fsp3) is 0.333. The third-order valence-corrected chi connectivity index (χ3v) is 4.06. The Morgan fingerprint density at radius 1 is 1.27 bits per heavy atom. The molecule has 0 bridgehead atoms. The summed E-state index contributed by atoms with van der Waals surface area (Å²) in [5.74, 6) is 0.113. The third-order valence-electron chi connectivity index (χ3n) is 1.99. The molecule has 0 amide bonds. The van der Waals surface area contributed by atoms with E-state index >= 15 is 0 Å². The predicted octanol–water partition coefficient (Wildman–Crippen LogP) is 3.06. The normalized spacial score (nSPS) is 12.9. The lowest BCUT2D eigenvalue weighted by Crippen LogP contribution is -2.13. The van der Waals surface area contributed by atoms with Gasteiger partial charge in [-0.15, -0.1) is 0 Å². The van der Waals surface area contributed by atoms with Gasteiger partial charge in [0.1, 0.15) is 5.75 Å². The summed E-state index contributed by atoms with van der Waals surface area (Å²) in [6.45, 7) is 0.0108. The van der Waals surface area contributed by atoms with Crippen LogP contribution in [0.1, 0.15) is 18.0 Å². The molecule has 0 aromatic heterocycles. The molecule has 15 heavy (non-hydrogen) atoms. The number of hydrogen-bond acceptors (Lipinski definition) is 3. The number of hydrogen-bond donors (Lipinski definition) is 3. The van der Waals surface area contributed by atoms with E-state index in [1.54, 1.807) is 6.07 Å². The van der Waals surface area contributed by atoms with Crippen molar-refractivity contribution in [2.75, 3.05) is 6.61 Å². The van der Waals surface area contributed by atoms with Crippen LogP contribution in [0.25, 0.3) is 0 Å². The van der Waals surface area contributed by atoms with Gasteiger partial charge in [-0.3, -0.25) is 0 Å². The Bertz CT molecular complexity index is 371. The first-order valence-corrected chi connectivity index (χ1v) is 6.59. The van der Waals surface area contributed by atoms with E-state index in [0.29, 0.717) is 15.4 Å². The van der Waals surface area contributed by atoms with Crippen molar-refractivity contribution in [2.24, 2.45) is 5.73 Å². The van der Waals surface area contributed by atoms with Crippen LogP contribution in [0.2, 0.25) is 0 Å². The second-order valence-electron chi connectivity index (χ2n) is 3.04. The van der Waals surface area contributed by atoms with Crippen molar-refractivity contribution in [3.8, 4) is 5.75 Å². The molecular weight excluding hydrogens is 394 g/mol. The van der Waals surface area contributed by atoms with Crippen LogP contribution in [0, 0.1) is 0 Å². The lowest BCUT2D eigenvalue weighted by atomic mass is 10.0. The molecule has 0 aliphatic rings. The molecule has 0 fully saturated rings. The van der Waals surface area contributed by atoms with Crippen molar-refractivity contribution in [2.45, 2.75) is 12.5 Å². The molecule has 1 aromatic rings. The molecule has 4 N–H and O–H groups in total. The summed E-state index contributed by atoms with van der Waals surface area (Å²) in [6.07, 6.45) is 0.443. The largest absolute Gasteiger partial charge is 0.506 e. The van der Waals surface area contributed by atoms with Crippen molar-refractivity contribution in [3.05, 3.63) is 25.0 Å². The second kappa shape index (κ2) is 5.63. The molecule has 1 aromatic carbocycles. The number of phenols is 1. The smallest absolute Gasteiger partial charge is 0.144 e. The number of rotatable bonds is 3. The van der Waals surface area contributed by atoms with Crippen molar-refractivity contribution < 1.29 is 10.2 Å². The Kier molecular flexibility index (Phi) is 5.05. The highest BCUT2D eigenvalue weighted by atomic mass is 79.9. The minimum absolute atomic E-state index is 0.0108. The zero-order valence-corrected chi connectivity index (χ0v) is 12.4. The molecule has 1 atom stereocenters. The van der Waals surface area contributed by atoms with E-state index in [4.69, 9.17) is 10.8 Å². The van der Waals surface area contributed by atoms with Gasteiger partial charge in [0.2, 0.25) is 0 Å². The number of aliphatic hydroxyl groups excluding tert-OH is 1. The van der Waals surface area contributed by atoms with Crippen molar-refractivity contribution in [3.63, 3.8) is 0 Å². The Morgan fingerprint density at radius 2 is 1.87 bits per heavy atom. The number of aliphatic hydroxyl groups is 1. The SMILES string of the molecule is NC(CCO)c1c(Br)cc(Br)c(O)c1Br. The molecule has 84 valence electrons. The van der Waals surface area contributed by atoms with E-state index in [-0.39, 0.29) is 18.4 Å². The first kappa shape index (κ1) is 13.4. The number of benzene rings is 1. The lowest BCUT2D eigenvalue weighted by molar-refractivity contribution is 0.276. The summed E-state index contributed by atoms with van der Waals surface area (Å²) >= 11 is 9.87. The molecular formula is C9H10Br3NO2. The van der Waals surface area contributed by atoms with Gasteiger partial charge in [-0.2, -0.15) is 0 Å². The maximum Gasteiger partial charge on any atom is 0.144 e. The maximum absolute atomic E-state index is 9.70. The van der Waals surface area contributed by atoms with Crippen LogP contribution in [-0.4, -0.2) is 16.8 Å². The highest BCUT2D eigenvalue weighted by Crippen LogP contribution is 2.42. The quantitative estimate of drug-likeness (QED) is 0.726. The van der Waals surface area contributed by atoms with Gasteiger partial charge in [-0.05, 0) is 44.3 Å². The molecule has 0 aliphatic carbocycles. The first-order chi connectivity index (χ1) is 6.99. The molecule has 0 spiro atoms. The van der Waals surface area contributed by atoms with Crippen molar-refractivity contribution in [1.82, 2.24) is 0 Å². The second-order valence-corrected chi connectivity index (χ2v) is 5.54. The molecule has 6 heteroatoms. The first-order valence-electron chi connectivity index (χ1n) is 4.21. The molecule has 0 saturated carbocycles. The number of aromatic hydroxyl groups is 1. The predicted molar refractivity (Wildman–Crippen MR) is 69.8 cm³/mol. The summed E-state index contributed by atoms with van der Waals surface area (Å²) in [5.41, 5.74) is 6.63. The molecule has 0 saturated heterocycles. The van der Waals surface area contributed by atoms with E-state index in [1.165, 1.54) is 0 Å². The van der Waals surface area contributed by atoms with Crippen LogP contribution in [0.5, 0.6) is 5.75 Å². The van der Waals surface area contributed by atoms with Crippen LogP contribution >= 0.6 is 47.8 Å². The Labute approximate surface area is 113 Å². The number of nitrogens with two attached hydrogens (primary N) is 1. The minimum atomic E-state index is -0.322. The Morgan fingerprint density at radius 3 is 2.40 bits per heavy atom. The zero-order valence-electron chi connectivity index (χ0n) is 7.67. The highest BCUT2D eigenvalue weighted by molar-refractivity contribution is 9.11. The van der Waals surface area contributed by atoms with Crippen LogP contribution in [0.4, 0.5) is 0 Å². The summed E-state index contributed by atoms with van der Waals surface area (Å²) in [5, 5.41) is 18.5. The van der Waals surface area contributed by atoms with E-state index in [2.05, 4.69) is 47.8 Å². The van der Waals surface area contributed by atoms with Crippen LogP contribution in [0.3, 0.4) is 0 Å². The molecule has 1 rings (SSSR count). The lowest BCUT2D eigenvalue weighted by Gasteiger charge is -2.16. The Balaban J connectivity index is 3.23. The molecule has 3 nitrogen and oxygen atoms in total. The van der Waals surface area contributed by atoms with Crippen molar-refractivity contribution >= 4 is 47.8 Å². The molecule has 0 aliphatic heterocycles. The van der Waals surface area contributed by atoms with Crippen LogP contribution < -0.4 is 5.73 Å². The van der Waals surface area contributed by atoms with Crippen molar-refractivity contribution in [1.29, 1.82) is 0 Å². The van der Waals surface area contributed by atoms with E-state index < -0.39 is 0 Å². The third kappa shape index (κ3) is 2.94. The standard InChI is InChI=1S/C9H10Br3NO2/c10-4-3-5(11)9(15)8(12)7(4)6(13)1-2-14/h3,6,14-15H,1-2,13H2. The maximum atomic E-state index is 9.70. The van der Waals surface area contributed by atoms with Gasteiger partial charge >= 0.3 is 0 Å². The van der Waals surface area contributed by atoms with Gasteiger partial charge in [0.25, 0.3) is 0 Å². The summed E-state index contributed by atoms with van der Waals surface area (Å²) in [7, 11) is 0. The van der Waals surface area contributed by atoms with Gasteiger partial charge < -0.3 is 15.9 Å². The van der Waals surface area contributed by atoms with Gasteiger partial charge in [-0.25, -0.2) is 0 Å². The summed E-state index contributed by atoms with van der Waals surface area (Å²) in [4.78, 5) is 0. The average molecular weight is 404 g/mol. The monoisotopic (exact) mass is 401 g/mol. The number of phenolic OH excluding ortho intramolecular Hbond substituents is 1. The van der Waals surface area contributed by atoms with Gasteiger partial charge in [0, 0.05) is 22.7 Å². The summed E-state index contributed by atoms with van der Waals surface area (Å²) < 4.78 is 1.92. The molecule has 0 radical (unpaired) electrons. The van der Waals surface area contributed by atoms with Crippen LogP contribution in [0.15, 0.2) is 19.5 Å². The average Bonchev–Trinajstić information content (AvgIpc) is 2.15. The number of halogens is 3.